The van der Waals surface area contributed by atoms with Crippen molar-refractivity contribution in [3.63, 3.8) is 0 Å². The minimum absolute atomic E-state index is 0.741. The molecule has 0 aromatic heterocycles. The first-order chi connectivity index (χ1) is 7.27. The smallest absolute Gasteiger partial charge is 0.00243 e. The van der Waals surface area contributed by atoms with Crippen molar-refractivity contribution in [3.05, 3.63) is 0 Å². The van der Waals surface area contributed by atoms with Crippen LogP contribution in [-0.4, -0.2) is 31.1 Å². The van der Waals surface area contributed by atoms with Crippen molar-refractivity contribution in [2.24, 2.45) is 17.6 Å². The number of likely N-dealkylation sites (tertiary alicyclic amines) is 1. The summed E-state index contributed by atoms with van der Waals surface area (Å²) >= 11 is 0. The summed E-state index contributed by atoms with van der Waals surface area (Å²) in [7, 11) is 0. The van der Waals surface area contributed by atoms with Crippen molar-refractivity contribution in [2.45, 2.75) is 46.0 Å². The van der Waals surface area contributed by atoms with E-state index in [1.54, 1.807) is 0 Å². The molecule has 1 heterocycles. The summed E-state index contributed by atoms with van der Waals surface area (Å²) < 4.78 is 0. The Bertz CT molecular complexity index is 159. The zero-order chi connectivity index (χ0) is 11.1. The van der Waals surface area contributed by atoms with E-state index in [1.165, 1.54) is 51.7 Å². The van der Waals surface area contributed by atoms with E-state index in [9.17, 15) is 0 Å². The molecule has 1 rings (SSSR count). The van der Waals surface area contributed by atoms with Gasteiger partial charge in [0.05, 0.1) is 0 Å². The molecule has 2 unspecified atom stereocenters. The number of unbranched alkanes of at least 4 members (excludes halogenated alkanes) is 3. The van der Waals surface area contributed by atoms with Crippen LogP contribution in [0.5, 0.6) is 0 Å². The summed E-state index contributed by atoms with van der Waals surface area (Å²) in [6.07, 6.45) is 6.85. The lowest BCUT2D eigenvalue weighted by molar-refractivity contribution is 0.130. The van der Waals surface area contributed by atoms with Gasteiger partial charge < -0.3 is 10.6 Å². The first kappa shape index (κ1) is 13.0. The normalized spacial score (nSPS) is 28.2. The Kier molecular flexibility index (Phi) is 6.26. The summed E-state index contributed by atoms with van der Waals surface area (Å²) in [4.78, 5) is 2.62. The SMILES string of the molecule is CCCCCCN1CCC(C)C(CN)C1. The van der Waals surface area contributed by atoms with Crippen LogP contribution in [0.1, 0.15) is 46.0 Å². The van der Waals surface area contributed by atoms with Gasteiger partial charge in [0.15, 0.2) is 0 Å². The van der Waals surface area contributed by atoms with E-state index in [0.717, 1.165) is 18.4 Å². The summed E-state index contributed by atoms with van der Waals surface area (Å²) in [5, 5.41) is 0. The average molecular weight is 212 g/mol. The summed E-state index contributed by atoms with van der Waals surface area (Å²) in [6, 6.07) is 0. The van der Waals surface area contributed by atoms with Crippen LogP contribution in [0.4, 0.5) is 0 Å². The molecule has 0 saturated carbocycles. The number of nitrogens with zero attached hydrogens (tertiary/aromatic N) is 1. The van der Waals surface area contributed by atoms with Crippen molar-refractivity contribution in [1.82, 2.24) is 4.90 Å². The van der Waals surface area contributed by atoms with E-state index < -0.39 is 0 Å². The molecular formula is C13H28N2. The van der Waals surface area contributed by atoms with Crippen LogP contribution in [0.2, 0.25) is 0 Å². The summed E-state index contributed by atoms with van der Waals surface area (Å²) in [5.41, 5.74) is 5.81. The van der Waals surface area contributed by atoms with Gasteiger partial charge in [-0.3, -0.25) is 0 Å². The Balaban J connectivity index is 2.14. The van der Waals surface area contributed by atoms with Gasteiger partial charge in [-0.1, -0.05) is 33.1 Å². The maximum atomic E-state index is 5.81. The number of piperidine rings is 1. The maximum absolute atomic E-state index is 5.81. The fourth-order valence-electron chi connectivity index (χ4n) is 2.50. The highest BCUT2D eigenvalue weighted by molar-refractivity contribution is 4.78. The van der Waals surface area contributed by atoms with Crippen LogP contribution >= 0.6 is 0 Å². The molecule has 0 amide bonds. The van der Waals surface area contributed by atoms with Gasteiger partial charge in [-0.05, 0) is 44.3 Å². The number of rotatable bonds is 6. The van der Waals surface area contributed by atoms with Crippen molar-refractivity contribution >= 4 is 0 Å². The fraction of sp³-hybridized carbons (Fsp3) is 1.00. The fourth-order valence-corrected chi connectivity index (χ4v) is 2.50. The Morgan fingerprint density at radius 3 is 2.73 bits per heavy atom. The summed E-state index contributed by atoms with van der Waals surface area (Å²) in [6.45, 7) is 9.32. The Labute approximate surface area is 95.2 Å². The molecule has 1 fully saturated rings. The first-order valence-corrected chi connectivity index (χ1v) is 6.70. The molecule has 1 saturated heterocycles. The molecule has 2 atom stereocenters. The monoisotopic (exact) mass is 212 g/mol. The van der Waals surface area contributed by atoms with Crippen LogP contribution in [-0.2, 0) is 0 Å². The molecule has 0 bridgehead atoms. The molecule has 15 heavy (non-hydrogen) atoms. The zero-order valence-corrected chi connectivity index (χ0v) is 10.5. The number of hydrogen-bond acceptors (Lipinski definition) is 2. The van der Waals surface area contributed by atoms with E-state index in [-0.39, 0.29) is 0 Å². The topological polar surface area (TPSA) is 29.3 Å². The number of hydrogen-bond donors (Lipinski definition) is 1. The van der Waals surface area contributed by atoms with E-state index in [4.69, 9.17) is 5.73 Å². The minimum atomic E-state index is 0.741. The second-order valence-electron chi connectivity index (χ2n) is 5.12. The molecule has 0 aromatic rings. The summed E-state index contributed by atoms with van der Waals surface area (Å²) in [5.74, 6) is 1.58. The van der Waals surface area contributed by atoms with Crippen molar-refractivity contribution in [2.75, 3.05) is 26.2 Å². The first-order valence-electron chi connectivity index (χ1n) is 6.70. The van der Waals surface area contributed by atoms with Gasteiger partial charge in [-0.15, -0.1) is 0 Å². The Hall–Kier alpha value is -0.0800. The molecule has 0 aliphatic carbocycles. The van der Waals surface area contributed by atoms with Crippen molar-refractivity contribution in [3.8, 4) is 0 Å². The van der Waals surface area contributed by atoms with Gasteiger partial charge in [0.1, 0.15) is 0 Å². The number of nitrogens with two attached hydrogens (primary N) is 1. The standard InChI is InChI=1S/C13H28N2/c1-3-4-5-6-8-15-9-7-12(2)13(10-14)11-15/h12-13H,3-11,14H2,1-2H3. The highest BCUT2D eigenvalue weighted by atomic mass is 15.1. The van der Waals surface area contributed by atoms with Gasteiger partial charge >= 0.3 is 0 Å². The highest BCUT2D eigenvalue weighted by Gasteiger charge is 2.24. The predicted octanol–water partition coefficient (Wildman–Crippen LogP) is 2.48. The molecule has 2 N–H and O–H groups in total. The third-order valence-electron chi connectivity index (χ3n) is 3.83. The largest absolute Gasteiger partial charge is 0.330 e. The molecular weight excluding hydrogens is 184 g/mol. The predicted molar refractivity (Wildman–Crippen MR) is 66.9 cm³/mol. The molecule has 2 nitrogen and oxygen atoms in total. The van der Waals surface area contributed by atoms with E-state index in [1.807, 2.05) is 0 Å². The van der Waals surface area contributed by atoms with Crippen LogP contribution < -0.4 is 5.73 Å². The lowest BCUT2D eigenvalue weighted by Crippen LogP contribution is -2.42. The van der Waals surface area contributed by atoms with Crippen molar-refractivity contribution in [1.29, 1.82) is 0 Å². The molecule has 0 aromatic carbocycles. The van der Waals surface area contributed by atoms with E-state index in [0.29, 0.717) is 0 Å². The zero-order valence-electron chi connectivity index (χ0n) is 10.5. The van der Waals surface area contributed by atoms with Gasteiger partial charge in [-0.2, -0.15) is 0 Å². The molecule has 0 radical (unpaired) electrons. The lowest BCUT2D eigenvalue weighted by Gasteiger charge is -2.36. The van der Waals surface area contributed by atoms with Gasteiger partial charge in [-0.25, -0.2) is 0 Å². The van der Waals surface area contributed by atoms with Crippen LogP contribution in [0.3, 0.4) is 0 Å². The van der Waals surface area contributed by atoms with Crippen LogP contribution in [0, 0.1) is 11.8 Å². The quantitative estimate of drug-likeness (QED) is 0.685. The molecule has 1 aliphatic heterocycles. The van der Waals surface area contributed by atoms with Crippen LogP contribution in [0.25, 0.3) is 0 Å². The van der Waals surface area contributed by atoms with Crippen molar-refractivity contribution < 1.29 is 0 Å². The molecule has 0 spiro atoms. The second kappa shape index (κ2) is 7.24. The van der Waals surface area contributed by atoms with Crippen LogP contribution in [0.15, 0.2) is 0 Å². The lowest BCUT2D eigenvalue weighted by atomic mass is 9.87. The van der Waals surface area contributed by atoms with Gasteiger partial charge in [0.2, 0.25) is 0 Å². The van der Waals surface area contributed by atoms with Gasteiger partial charge in [0, 0.05) is 6.54 Å². The molecule has 2 heteroatoms. The molecule has 90 valence electrons. The minimum Gasteiger partial charge on any atom is -0.330 e. The third-order valence-corrected chi connectivity index (χ3v) is 3.83. The highest BCUT2D eigenvalue weighted by Crippen LogP contribution is 2.22. The maximum Gasteiger partial charge on any atom is 0.00243 e. The van der Waals surface area contributed by atoms with E-state index >= 15 is 0 Å². The van der Waals surface area contributed by atoms with Gasteiger partial charge in [0.25, 0.3) is 0 Å². The van der Waals surface area contributed by atoms with E-state index in [2.05, 4.69) is 18.7 Å². The Morgan fingerprint density at radius 1 is 1.27 bits per heavy atom. The Morgan fingerprint density at radius 2 is 2.07 bits per heavy atom. The molecule has 1 aliphatic rings. The second-order valence-corrected chi connectivity index (χ2v) is 5.12. The third kappa shape index (κ3) is 4.52. The average Bonchev–Trinajstić information content (AvgIpc) is 2.26.